The molecule has 0 radical (unpaired) electrons. The fourth-order valence-electron chi connectivity index (χ4n) is 0.877. The molecule has 0 aliphatic rings. The average Bonchev–Trinajstić information content (AvgIpc) is 2.10. The lowest BCUT2D eigenvalue weighted by Gasteiger charge is -1.86. The molecule has 0 spiro atoms. The van der Waals surface area contributed by atoms with Crippen LogP contribution in [0.2, 0.25) is 0 Å². The number of allylic oxidation sites excluding steroid dienone is 4. The molecule has 0 aromatic rings. The second kappa shape index (κ2) is 10.2. The molecule has 0 heterocycles. The predicted molar refractivity (Wildman–Crippen MR) is 53.1 cm³/mol. The molecule has 0 aromatic heterocycles. The van der Waals surface area contributed by atoms with Gasteiger partial charge in [0.2, 0.25) is 0 Å². The Balaban J connectivity index is 3.12. The maximum absolute atomic E-state index is 9.93. The Bertz CT molecular complexity index is 145. The molecule has 0 rings (SSSR count). The van der Waals surface area contributed by atoms with Gasteiger partial charge in [-0.2, -0.15) is 0 Å². The molecule has 12 heavy (non-hydrogen) atoms. The van der Waals surface area contributed by atoms with Crippen LogP contribution in [0.15, 0.2) is 24.3 Å². The maximum Gasteiger partial charge on any atom is 0.120 e. The molecule has 0 N–H and O–H groups in total. The van der Waals surface area contributed by atoms with Crippen LogP contribution in [0, 0.1) is 0 Å². The van der Waals surface area contributed by atoms with Crippen LogP contribution in [0.5, 0.6) is 0 Å². The Morgan fingerprint density at radius 1 is 0.833 bits per heavy atom. The average molecular weight is 166 g/mol. The van der Waals surface area contributed by atoms with E-state index in [1.165, 1.54) is 0 Å². The largest absolute Gasteiger partial charge is 0.303 e. The number of carbonyl (C=O) groups is 1. The molecule has 1 nitrogen and oxygen atoms in total. The number of hydrogen-bond donors (Lipinski definition) is 0. The van der Waals surface area contributed by atoms with Crippen molar-refractivity contribution in [1.82, 2.24) is 0 Å². The Labute approximate surface area is 75.2 Å². The SMILES string of the molecule is CCC=CCCC=CCCC=O. The second-order valence-electron chi connectivity index (χ2n) is 2.67. The summed E-state index contributed by atoms with van der Waals surface area (Å²) in [7, 11) is 0. The number of aldehydes is 1. The molecular weight excluding hydrogens is 148 g/mol. The van der Waals surface area contributed by atoms with E-state index >= 15 is 0 Å². The number of unbranched alkanes of at least 4 members (excludes halogenated alkanes) is 2. The number of carbonyl (C=O) groups excluding carboxylic acids is 1. The minimum atomic E-state index is 0.654. The van der Waals surface area contributed by atoms with Gasteiger partial charge in [0, 0.05) is 6.42 Å². The van der Waals surface area contributed by atoms with Gasteiger partial charge in [0.25, 0.3) is 0 Å². The minimum absolute atomic E-state index is 0.654. The van der Waals surface area contributed by atoms with Crippen molar-refractivity contribution in [3.05, 3.63) is 24.3 Å². The summed E-state index contributed by atoms with van der Waals surface area (Å²) in [6.07, 6.45) is 14.4. The molecule has 0 unspecified atom stereocenters. The third-order valence-corrected chi connectivity index (χ3v) is 1.52. The topological polar surface area (TPSA) is 17.1 Å². The van der Waals surface area contributed by atoms with E-state index in [9.17, 15) is 4.79 Å². The quantitative estimate of drug-likeness (QED) is 0.322. The van der Waals surface area contributed by atoms with Crippen molar-refractivity contribution in [3.63, 3.8) is 0 Å². The molecule has 0 saturated heterocycles. The normalized spacial score (nSPS) is 11.4. The Kier molecular flexibility index (Phi) is 9.43. The Morgan fingerprint density at radius 3 is 1.83 bits per heavy atom. The van der Waals surface area contributed by atoms with Crippen LogP contribution in [0.25, 0.3) is 0 Å². The first-order valence-electron chi connectivity index (χ1n) is 4.65. The molecule has 0 aromatic carbocycles. The van der Waals surface area contributed by atoms with Crippen LogP contribution in [-0.4, -0.2) is 6.29 Å². The first kappa shape index (κ1) is 11.2. The van der Waals surface area contributed by atoms with Crippen molar-refractivity contribution in [1.29, 1.82) is 0 Å². The summed E-state index contributed by atoms with van der Waals surface area (Å²) in [5, 5.41) is 0. The van der Waals surface area contributed by atoms with E-state index in [2.05, 4.69) is 31.2 Å². The third kappa shape index (κ3) is 9.15. The van der Waals surface area contributed by atoms with Crippen LogP contribution in [-0.2, 0) is 4.79 Å². The summed E-state index contributed by atoms with van der Waals surface area (Å²) >= 11 is 0. The van der Waals surface area contributed by atoms with Gasteiger partial charge in [-0.1, -0.05) is 31.2 Å². The smallest absolute Gasteiger partial charge is 0.120 e. The standard InChI is InChI=1S/C11H18O/c1-2-3-4-5-6-7-8-9-10-11-12/h3-4,7-8,11H,2,5-6,9-10H2,1H3. The summed E-state index contributed by atoms with van der Waals surface area (Å²) in [4.78, 5) is 9.93. The van der Waals surface area contributed by atoms with Crippen LogP contribution in [0.3, 0.4) is 0 Å². The monoisotopic (exact) mass is 166 g/mol. The lowest BCUT2D eigenvalue weighted by molar-refractivity contribution is -0.107. The van der Waals surface area contributed by atoms with E-state index in [0.717, 1.165) is 32.0 Å². The molecule has 68 valence electrons. The van der Waals surface area contributed by atoms with Gasteiger partial charge in [0.1, 0.15) is 6.29 Å². The van der Waals surface area contributed by atoms with Gasteiger partial charge in [-0.25, -0.2) is 0 Å². The zero-order valence-corrected chi connectivity index (χ0v) is 7.83. The predicted octanol–water partition coefficient (Wildman–Crippen LogP) is 3.27. The van der Waals surface area contributed by atoms with E-state index in [1.807, 2.05) is 0 Å². The summed E-state index contributed by atoms with van der Waals surface area (Å²) < 4.78 is 0. The van der Waals surface area contributed by atoms with E-state index in [4.69, 9.17) is 0 Å². The van der Waals surface area contributed by atoms with E-state index in [1.54, 1.807) is 0 Å². The summed E-state index contributed by atoms with van der Waals surface area (Å²) in [5.41, 5.74) is 0. The van der Waals surface area contributed by atoms with Crippen molar-refractivity contribution >= 4 is 6.29 Å². The van der Waals surface area contributed by atoms with Crippen LogP contribution >= 0.6 is 0 Å². The highest BCUT2D eigenvalue weighted by molar-refractivity contribution is 5.49. The molecule has 0 amide bonds. The molecular formula is C11H18O. The van der Waals surface area contributed by atoms with Gasteiger partial charge in [-0.05, 0) is 25.7 Å². The maximum atomic E-state index is 9.93. The molecule has 0 saturated carbocycles. The molecule has 1 heteroatoms. The van der Waals surface area contributed by atoms with Crippen molar-refractivity contribution in [2.75, 3.05) is 0 Å². The van der Waals surface area contributed by atoms with Gasteiger partial charge in [-0.15, -0.1) is 0 Å². The number of rotatable bonds is 7. The first-order valence-corrected chi connectivity index (χ1v) is 4.65. The van der Waals surface area contributed by atoms with Gasteiger partial charge >= 0.3 is 0 Å². The number of hydrogen-bond acceptors (Lipinski definition) is 1. The van der Waals surface area contributed by atoms with Gasteiger partial charge < -0.3 is 4.79 Å². The lowest BCUT2D eigenvalue weighted by atomic mass is 10.2. The Hall–Kier alpha value is -0.850. The zero-order chi connectivity index (χ0) is 9.07. The fraction of sp³-hybridized carbons (Fsp3) is 0.545. The van der Waals surface area contributed by atoms with Gasteiger partial charge in [0.05, 0.1) is 0 Å². The van der Waals surface area contributed by atoms with E-state index < -0.39 is 0 Å². The van der Waals surface area contributed by atoms with Crippen molar-refractivity contribution in [2.45, 2.75) is 39.0 Å². The van der Waals surface area contributed by atoms with E-state index in [0.29, 0.717) is 6.42 Å². The second-order valence-corrected chi connectivity index (χ2v) is 2.67. The Morgan fingerprint density at radius 2 is 1.33 bits per heavy atom. The highest BCUT2D eigenvalue weighted by Crippen LogP contribution is 1.96. The van der Waals surface area contributed by atoms with E-state index in [-0.39, 0.29) is 0 Å². The van der Waals surface area contributed by atoms with Crippen molar-refractivity contribution in [2.24, 2.45) is 0 Å². The minimum Gasteiger partial charge on any atom is -0.303 e. The van der Waals surface area contributed by atoms with Gasteiger partial charge in [0.15, 0.2) is 0 Å². The molecule has 0 atom stereocenters. The van der Waals surface area contributed by atoms with Crippen molar-refractivity contribution < 1.29 is 4.79 Å². The highest BCUT2D eigenvalue weighted by Gasteiger charge is 1.78. The molecule has 0 bridgehead atoms. The highest BCUT2D eigenvalue weighted by atomic mass is 16.1. The van der Waals surface area contributed by atoms with Crippen LogP contribution in [0.1, 0.15) is 39.0 Å². The third-order valence-electron chi connectivity index (χ3n) is 1.52. The summed E-state index contributed by atoms with van der Waals surface area (Å²) in [5.74, 6) is 0. The lowest BCUT2D eigenvalue weighted by Crippen LogP contribution is -1.71. The zero-order valence-electron chi connectivity index (χ0n) is 7.83. The van der Waals surface area contributed by atoms with Crippen LogP contribution < -0.4 is 0 Å². The summed E-state index contributed by atoms with van der Waals surface area (Å²) in [6.45, 7) is 2.14. The molecule has 0 aliphatic heterocycles. The molecule has 0 aliphatic carbocycles. The first-order chi connectivity index (χ1) is 5.91. The van der Waals surface area contributed by atoms with Gasteiger partial charge in [-0.3, -0.25) is 0 Å². The molecule has 0 fully saturated rings. The fourth-order valence-corrected chi connectivity index (χ4v) is 0.877. The van der Waals surface area contributed by atoms with Crippen molar-refractivity contribution in [3.8, 4) is 0 Å². The van der Waals surface area contributed by atoms with Crippen LogP contribution in [0.4, 0.5) is 0 Å². The summed E-state index contributed by atoms with van der Waals surface area (Å²) in [6, 6.07) is 0.